The molecule has 20 heavy (non-hydrogen) atoms. The Bertz CT molecular complexity index is 707. The standard InChI is InChI=1S/C17H12N2O/c20-16(17-18-11-4-12-19-17)15-9-7-14(8-10-15)13-5-2-1-3-6-13/h1-12H. The Morgan fingerprint density at radius 3 is 1.95 bits per heavy atom. The number of hydrogen-bond acceptors (Lipinski definition) is 3. The summed E-state index contributed by atoms with van der Waals surface area (Å²) in [6.07, 6.45) is 3.14. The van der Waals surface area contributed by atoms with Crippen LogP contribution in [-0.4, -0.2) is 15.8 Å². The molecule has 0 amide bonds. The molecular formula is C17H12N2O. The molecule has 0 saturated carbocycles. The summed E-state index contributed by atoms with van der Waals surface area (Å²) in [5, 5.41) is 0. The van der Waals surface area contributed by atoms with Crippen molar-refractivity contribution < 1.29 is 4.79 Å². The molecule has 0 bridgehead atoms. The molecule has 3 rings (SSSR count). The van der Waals surface area contributed by atoms with Crippen molar-refractivity contribution in [3.05, 3.63) is 84.4 Å². The summed E-state index contributed by atoms with van der Waals surface area (Å²) in [6, 6.07) is 19.2. The maximum absolute atomic E-state index is 12.2. The normalized spacial score (nSPS) is 10.2. The number of carbonyl (C=O) groups excluding carboxylic acids is 1. The Hall–Kier alpha value is -2.81. The minimum Gasteiger partial charge on any atom is -0.285 e. The number of rotatable bonds is 3. The van der Waals surface area contributed by atoms with Gasteiger partial charge in [0.25, 0.3) is 0 Å². The van der Waals surface area contributed by atoms with E-state index in [-0.39, 0.29) is 11.6 Å². The van der Waals surface area contributed by atoms with Gasteiger partial charge >= 0.3 is 0 Å². The van der Waals surface area contributed by atoms with Gasteiger partial charge in [-0.05, 0) is 17.2 Å². The van der Waals surface area contributed by atoms with Crippen molar-refractivity contribution in [3.8, 4) is 11.1 Å². The van der Waals surface area contributed by atoms with Crippen molar-refractivity contribution >= 4 is 5.78 Å². The van der Waals surface area contributed by atoms with E-state index in [0.29, 0.717) is 5.56 Å². The quantitative estimate of drug-likeness (QED) is 0.678. The smallest absolute Gasteiger partial charge is 0.230 e. The molecule has 0 unspecified atom stereocenters. The molecule has 3 aromatic rings. The SMILES string of the molecule is O=C(c1ccc(-c2ccccc2)cc1)c1ncccn1. The summed E-state index contributed by atoms with van der Waals surface area (Å²) in [5.74, 6) is 0.0603. The van der Waals surface area contributed by atoms with E-state index in [9.17, 15) is 4.79 Å². The van der Waals surface area contributed by atoms with Crippen LogP contribution in [0, 0.1) is 0 Å². The number of ketones is 1. The van der Waals surface area contributed by atoms with Gasteiger partial charge in [0.15, 0.2) is 0 Å². The van der Waals surface area contributed by atoms with E-state index in [0.717, 1.165) is 11.1 Å². The zero-order chi connectivity index (χ0) is 13.8. The first-order valence-electron chi connectivity index (χ1n) is 6.32. The molecule has 0 aliphatic heterocycles. The molecule has 0 saturated heterocycles. The van der Waals surface area contributed by atoms with E-state index < -0.39 is 0 Å². The van der Waals surface area contributed by atoms with Crippen molar-refractivity contribution in [1.82, 2.24) is 9.97 Å². The summed E-state index contributed by atoms with van der Waals surface area (Å²) >= 11 is 0. The Labute approximate surface area is 117 Å². The van der Waals surface area contributed by atoms with Crippen molar-refractivity contribution in [3.63, 3.8) is 0 Å². The van der Waals surface area contributed by atoms with Crippen molar-refractivity contribution in [1.29, 1.82) is 0 Å². The minimum atomic E-state index is -0.162. The summed E-state index contributed by atoms with van der Waals surface area (Å²) in [5.41, 5.74) is 2.80. The van der Waals surface area contributed by atoms with Gasteiger partial charge in [-0.2, -0.15) is 0 Å². The van der Waals surface area contributed by atoms with Crippen LogP contribution in [-0.2, 0) is 0 Å². The molecule has 0 atom stereocenters. The van der Waals surface area contributed by atoms with Crippen molar-refractivity contribution in [2.45, 2.75) is 0 Å². The Balaban J connectivity index is 1.89. The summed E-state index contributed by atoms with van der Waals surface area (Å²) in [6.45, 7) is 0. The fourth-order valence-corrected chi connectivity index (χ4v) is 1.99. The molecule has 0 fully saturated rings. The lowest BCUT2D eigenvalue weighted by atomic mass is 10.0. The average molecular weight is 260 g/mol. The Kier molecular flexibility index (Phi) is 3.33. The first-order valence-corrected chi connectivity index (χ1v) is 6.32. The number of benzene rings is 2. The van der Waals surface area contributed by atoms with Crippen molar-refractivity contribution in [2.24, 2.45) is 0 Å². The Morgan fingerprint density at radius 1 is 0.700 bits per heavy atom. The van der Waals surface area contributed by atoms with Crippen LogP contribution in [0.15, 0.2) is 73.1 Å². The van der Waals surface area contributed by atoms with Gasteiger partial charge in [-0.15, -0.1) is 0 Å². The van der Waals surface area contributed by atoms with E-state index in [4.69, 9.17) is 0 Å². The highest BCUT2D eigenvalue weighted by Crippen LogP contribution is 2.19. The van der Waals surface area contributed by atoms with Crippen LogP contribution in [0.2, 0.25) is 0 Å². The van der Waals surface area contributed by atoms with Crippen LogP contribution in [0.4, 0.5) is 0 Å². The van der Waals surface area contributed by atoms with Crippen molar-refractivity contribution in [2.75, 3.05) is 0 Å². The highest BCUT2D eigenvalue weighted by atomic mass is 16.1. The van der Waals surface area contributed by atoms with Gasteiger partial charge in [0.2, 0.25) is 11.6 Å². The monoisotopic (exact) mass is 260 g/mol. The summed E-state index contributed by atoms with van der Waals surface area (Å²) < 4.78 is 0. The van der Waals surface area contributed by atoms with Crippen LogP contribution in [0.1, 0.15) is 16.2 Å². The third-order valence-corrected chi connectivity index (χ3v) is 3.02. The first kappa shape index (κ1) is 12.2. The number of aromatic nitrogens is 2. The lowest BCUT2D eigenvalue weighted by Gasteiger charge is -2.03. The van der Waals surface area contributed by atoms with Gasteiger partial charge in [-0.3, -0.25) is 4.79 Å². The van der Waals surface area contributed by atoms with Gasteiger partial charge in [-0.25, -0.2) is 9.97 Å². The van der Waals surface area contributed by atoms with Gasteiger partial charge in [0.1, 0.15) is 0 Å². The van der Waals surface area contributed by atoms with E-state index in [2.05, 4.69) is 9.97 Å². The molecule has 2 aromatic carbocycles. The van der Waals surface area contributed by atoms with Crippen LogP contribution in [0.25, 0.3) is 11.1 Å². The highest BCUT2D eigenvalue weighted by Gasteiger charge is 2.11. The third kappa shape index (κ3) is 2.47. The number of hydrogen-bond donors (Lipinski definition) is 0. The first-order chi connectivity index (χ1) is 9.84. The number of carbonyl (C=O) groups is 1. The second-order valence-corrected chi connectivity index (χ2v) is 4.34. The molecule has 0 aliphatic carbocycles. The van der Waals surface area contributed by atoms with Gasteiger partial charge in [0.05, 0.1) is 0 Å². The molecule has 96 valence electrons. The maximum Gasteiger partial charge on any atom is 0.230 e. The van der Waals surface area contributed by atoms with Crippen LogP contribution < -0.4 is 0 Å². The lowest BCUT2D eigenvalue weighted by Crippen LogP contribution is -2.05. The largest absolute Gasteiger partial charge is 0.285 e. The predicted molar refractivity (Wildman–Crippen MR) is 77.3 cm³/mol. The van der Waals surface area contributed by atoms with Crippen LogP contribution in [0.5, 0.6) is 0 Å². The fourth-order valence-electron chi connectivity index (χ4n) is 1.99. The lowest BCUT2D eigenvalue weighted by molar-refractivity contribution is 0.102. The average Bonchev–Trinajstić information content (AvgIpc) is 2.56. The molecule has 0 N–H and O–H groups in total. The fraction of sp³-hybridized carbons (Fsp3) is 0. The molecule has 0 spiro atoms. The van der Waals surface area contributed by atoms with Gasteiger partial charge < -0.3 is 0 Å². The molecule has 1 heterocycles. The minimum absolute atomic E-state index is 0.162. The van der Waals surface area contributed by atoms with Crippen LogP contribution >= 0.6 is 0 Å². The zero-order valence-corrected chi connectivity index (χ0v) is 10.7. The predicted octanol–water partition coefficient (Wildman–Crippen LogP) is 3.37. The maximum atomic E-state index is 12.2. The van der Waals surface area contributed by atoms with E-state index in [1.165, 1.54) is 0 Å². The molecule has 3 nitrogen and oxygen atoms in total. The molecule has 0 radical (unpaired) electrons. The van der Waals surface area contributed by atoms with Gasteiger partial charge in [0, 0.05) is 18.0 Å². The molecule has 3 heteroatoms. The number of nitrogens with zero attached hydrogens (tertiary/aromatic N) is 2. The van der Waals surface area contributed by atoms with Crippen LogP contribution in [0.3, 0.4) is 0 Å². The van der Waals surface area contributed by atoms with E-state index in [1.54, 1.807) is 30.6 Å². The van der Waals surface area contributed by atoms with Gasteiger partial charge in [-0.1, -0.05) is 54.6 Å². The Morgan fingerprint density at radius 2 is 1.30 bits per heavy atom. The second kappa shape index (κ2) is 5.45. The zero-order valence-electron chi connectivity index (χ0n) is 10.7. The second-order valence-electron chi connectivity index (χ2n) is 4.34. The summed E-state index contributed by atoms with van der Waals surface area (Å²) in [4.78, 5) is 20.1. The molecule has 1 aromatic heterocycles. The molecular weight excluding hydrogens is 248 g/mol. The van der Waals surface area contributed by atoms with E-state index >= 15 is 0 Å². The topological polar surface area (TPSA) is 42.9 Å². The molecule has 0 aliphatic rings. The highest BCUT2D eigenvalue weighted by molar-refractivity contribution is 6.06. The summed E-state index contributed by atoms with van der Waals surface area (Å²) in [7, 11) is 0. The van der Waals surface area contributed by atoms with E-state index in [1.807, 2.05) is 42.5 Å². The third-order valence-electron chi connectivity index (χ3n) is 3.02.